The molecule has 4 N–H and O–H groups in total. The number of carbonyl (C=O) groups excluding carboxylic acids is 4. The smallest absolute Gasteiger partial charge is 0.328 e. The zero-order valence-corrected chi connectivity index (χ0v) is 21.7. The molecule has 40 heavy (non-hydrogen) atoms. The van der Waals surface area contributed by atoms with Gasteiger partial charge in [-0.2, -0.15) is 0 Å². The van der Waals surface area contributed by atoms with Crippen molar-refractivity contribution in [1.29, 1.82) is 0 Å². The number of carbonyl (C=O) groups is 5. The molecule has 12 heteroatoms. The molecule has 1 fully saturated rings. The normalized spacial score (nSPS) is 19.2. The quantitative estimate of drug-likeness (QED) is 0.202. The molecule has 1 atom stereocenters. The minimum Gasteiger partial charge on any atom is -0.507 e. The molecular weight excluding hydrogens is 561 g/mol. The fourth-order valence-corrected chi connectivity index (χ4v) is 5.06. The molecular formula is C28H17Cl2N3O7. The number of anilines is 3. The van der Waals surface area contributed by atoms with Gasteiger partial charge in [0.2, 0.25) is 5.91 Å². The van der Waals surface area contributed by atoms with Crippen molar-refractivity contribution in [2.24, 2.45) is 0 Å². The minimum absolute atomic E-state index is 0.00348. The summed E-state index contributed by atoms with van der Waals surface area (Å²) in [7, 11) is 0. The number of nitrogens with one attached hydrogen (secondary N) is 2. The lowest BCUT2D eigenvalue weighted by Gasteiger charge is -2.25. The highest BCUT2D eigenvalue weighted by atomic mass is 35.5. The first kappa shape index (κ1) is 26.7. The van der Waals surface area contributed by atoms with Crippen LogP contribution in [-0.4, -0.2) is 39.7 Å². The van der Waals surface area contributed by atoms with E-state index < -0.39 is 46.3 Å². The van der Waals surface area contributed by atoms with Gasteiger partial charge < -0.3 is 20.8 Å². The Morgan fingerprint density at radius 2 is 1.62 bits per heavy atom. The molecule has 0 aliphatic carbocycles. The number of carboxylic acid groups (broad SMARTS) is 1. The maximum atomic E-state index is 14.2. The number of aliphatic hydroxyl groups is 1. The number of hydrogen-bond acceptors (Lipinski definition) is 6. The third kappa shape index (κ3) is 4.39. The fourth-order valence-electron chi connectivity index (χ4n) is 4.71. The minimum atomic E-state index is -2.09. The van der Waals surface area contributed by atoms with Gasteiger partial charge in [-0.15, -0.1) is 0 Å². The highest BCUT2D eigenvalue weighted by molar-refractivity contribution is 6.50. The summed E-state index contributed by atoms with van der Waals surface area (Å²) >= 11 is 12.4. The summed E-state index contributed by atoms with van der Waals surface area (Å²) < 4.78 is 0. The van der Waals surface area contributed by atoms with Gasteiger partial charge in [-0.25, -0.2) is 4.79 Å². The number of benzene rings is 3. The molecule has 0 bridgehead atoms. The van der Waals surface area contributed by atoms with Crippen molar-refractivity contribution in [3.05, 3.63) is 106 Å². The number of nitrogens with zero attached hydrogens (tertiary/aromatic N) is 1. The number of Topliss-reactive ketones (excluding diaryl/α,β-unsaturated/α-hetero) is 1. The number of fused-ring (bicyclic) bond motifs is 2. The van der Waals surface area contributed by atoms with Crippen molar-refractivity contribution in [3.63, 3.8) is 0 Å². The Kier molecular flexibility index (Phi) is 6.66. The third-order valence-corrected chi connectivity index (χ3v) is 6.79. The van der Waals surface area contributed by atoms with Crippen LogP contribution < -0.4 is 15.5 Å². The SMILES string of the molecule is O=C(O)C=CC(=O)Nc1cccc(C(O)=C2C(=O)C(=O)NC23C(=O)N(c2cccc(Cl)c2)c2cc(Cl)ccc23)c1. The summed E-state index contributed by atoms with van der Waals surface area (Å²) in [6.45, 7) is 0. The molecule has 0 aromatic heterocycles. The first-order valence-corrected chi connectivity index (χ1v) is 12.3. The third-order valence-electron chi connectivity index (χ3n) is 6.32. The molecule has 10 nitrogen and oxygen atoms in total. The van der Waals surface area contributed by atoms with E-state index in [1.807, 2.05) is 0 Å². The van der Waals surface area contributed by atoms with Gasteiger partial charge in [0.1, 0.15) is 5.76 Å². The first-order chi connectivity index (χ1) is 19.0. The molecule has 1 unspecified atom stereocenters. The van der Waals surface area contributed by atoms with Crippen LogP contribution in [0, 0.1) is 0 Å². The van der Waals surface area contributed by atoms with Crippen molar-refractivity contribution >= 4 is 75.5 Å². The van der Waals surface area contributed by atoms with Crippen molar-refractivity contribution in [1.82, 2.24) is 5.32 Å². The fraction of sp³-hybridized carbons (Fsp3) is 0.0357. The molecule has 1 spiro atoms. The monoisotopic (exact) mass is 577 g/mol. The molecule has 200 valence electrons. The summed E-state index contributed by atoms with van der Waals surface area (Å²) in [5.41, 5.74) is -1.64. The van der Waals surface area contributed by atoms with E-state index in [0.717, 1.165) is 6.08 Å². The highest BCUT2D eigenvalue weighted by Gasteiger charge is 2.63. The lowest BCUT2D eigenvalue weighted by molar-refractivity contribution is -0.134. The van der Waals surface area contributed by atoms with Gasteiger partial charge in [0.15, 0.2) is 5.54 Å². The number of aliphatic carboxylic acids is 1. The largest absolute Gasteiger partial charge is 0.507 e. The van der Waals surface area contributed by atoms with Crippen LogP contribution in [0.15, 0.2) is 84.5 Å². The van der Waals surface area contributed by atoms with Gasteiger partial charge >= 0.3 is 5.97 Å². The highest BCUT2D eigenvalue weighted by Crippen LogP contribution is 2.52. The molecule has 3 amide bonds. The van der Waals surface area contributed by atoms with E-state index in [0.29, 0.717) is 16.8 Å². The Labute approximate surface area is 236 Å². The van der Waals surface area contributed by atoms with Crippen LogP contribution in [-0.2, 0) is 29.5 Å². The Balaban J connectivity index is 1.67. The van der Waals surface area contributed by atoms with Crippen LogP contribution in [0.4, 0.5) is 17.1 Å². The average Bonchev–Trinajstić information content (AvgIpc) is 3.31. The maximum Gasteiger partial charge on any atom is 0.328 e. The predicted molar refractivity (Wildman–Crippen MR) is 146 cm³/mol. The lowest BCUT2D eigenvalue weighted by atomic mass is 9.83. The second-order valence-corrected chi connectivity index (χ2v) is 9.65. The molecule has 5 rings (SSSR count). The number of ketones is 1. The van der Waals surface area contributed by atoms with Crippen LogP contribution >= 0.6 is 23.2 Å². The second-order valence-electron chi connectivity index (χ2n) is 8.78. The average molecular weight is 578 g/mol. The van der Waals surface area contributed by atoms with E-state index in [1.165, 1.54) is 53.4 Å². The number of hydrogen-bond donors (Lipinski definition) is 4. The van der Waals surface area contributed by atoms with Gasteiger partial charge in [-0.3, -0.25) is 24.1 Å². The Hall–Kier alpha value is -4.93. The number of aliphatic hydroxyl groups excluding tert-OH is 1. The van der Waals surface area contributed by atoms with Crippen LogP contribution in [0.25, 0.3) is 5.76 Å². The Morgan fingerprint density at radius 3 is 2.35 bits per heavy atom. The van der Waals surface area contributed by atoms with E-state index in [-0.39, 0.29) is 27.5 Å². The van der Waals surface area contributed by atoms with Crippen LogP contribution in [0.1, 0.15) is 11.1 Å². The van der Waals surface area contributed by atoms with Crippen LogP contribution in [0.5, 0.6) is 0 Å². The topological polar surface area (TPSA) is 153 Å². The molecule has 2 aliphatic rings. The lowest BCUT2D eigenvalue weighted by Crippen LogP contribution is -2.48. The Bertz CT molecular complexity index is 1720. The maximum absolute atomic E-state index is 14.2. The number of amides is 3. The van der Waals surface area contributed by atoms with Gasteiger partial charge in [0, 0.05) is 39.0 Å². The molecule has 1 saturated heterocycles. The summed E-state index contributed by atoms with van der Waals surface area (Å²) in [5, 5.41) is 25.7. The van der Waals surface area contributed by atoms with Crippen molar-refractivity contribution in [3.8, 4) is 0 Å². The zero-order valence-electron chi connectivity index (χ0n) is 20.1. The van der Waals surface area contributed by atoms with Crippen molar-refractivity contribution in [2.75, 3.05) is 10.2 Å². The van der Waals surface area contributed by atoms with E-state index in [4.69, 9.17) is 28.3 Å². The molecule has 2 aliphatic heterocycles. The summed E-state index contributed by atoms with van der Waals surface area (Å²) in [5.74, 6) is -5.74. The molecule has 2 heterocycles. The van der Waals surface area contributed by atoms with Gasteiger partial charge in [0.25, 0.3) is 17.6 Å². The second kappa shape index (κ2) is 9.99. The summed E-state index contributed by atoms with van der Waals surface area (Å²) in [4.78, 5) is 64.2. The van der Waals surface area contributed by atoms with E-state index in [2.05, 4.69) is 10.6 Å². The van der Waals surface area contributed by atoms with E-state index in [9.17, 15) is 29.1 Å². The summed E-state index contributed by atoms with van der Waals surface area (Å²) in [6.07, 6.45) is 1.45. The number of rotatable bonds is 5. The van der Waals surface area contributed by atoms with E-state index in [1.54, 1.807) is 18.2 Å². The molecule has 0 saturated carbocycles. The van der Waals surface area contributed by atoms with Crippen molar-refractivity contribution in [2.45, 2.75) is 5.54 Å². The zero-order chi connectivity index (χ0) is 28.8. The van der Waals surface area contributed by atoms with Crippen LogP contribution in [0.3, 0.4) is 0 Å². The van der Waals surface area contributed by atoms with Crippen LogP contribution in [0.2, 0.25) is 10.0 Å². The van der Waals surface area contributed by atoms with Crippen molar-refractivity contribution < 1.29 is 34.2 Å². The summed E-state index contributed by atoms with van der Waals surface area (Å²) in [6, 6.07) is 16.5. The predicted octanol–water partition coefficient (Wildman–Crippen LogP) is 4.11. The van der Waals surface area contributed by atoms with E-state index >= 15 is 0 Å². The number of halogens is 2. The van der Waals surface area contributed by atoms with Gasteiger partial charge in [0.05, 0.1) is 16.9 Å². The van der Waals surface area contributed by atoms with Gasteiger partial charge in [-0.1, -0.05) is 47.5 Å². The standard InChI is InChI=1S/C28H17Cl2N3O7/c29-15-4-2-6-18(12-15)33-20-13-16(30)7-8-19(20)28(27(33)40)23(25(38)26(39)32-28)24(37)14-3-1-5-17(11-14)31-21(34)9-10-22(35)36/h1-13,37H,(H,31,34)(H,32,39)(H,35,36). The number of carboxylic acids is 1. The molecule has 0 radical (unpaired) electrons. The molecule has 3 aromatic carbocycles. The Morgan fingerprint density at radius 1 is 0.900 bits per heavy atom. The molecule has 3 aromatic rings. The first-order valence-electron chi connectivity index (χ1n) is 11.6. The van der Waals surface area contributed by atoms with Gasteiger partial charge in [-0.05, 0) is 42.5 Å².